The maximum absolute atomic E-state index is 9.29. The Kier molecular flexibility index (Phi) is 4.53. The van der Waals surface area contributed by atoms with Gasteiger partial charge < -0.3 is 4.90 Å². The van der Waals surface area contributed by atoms with Crippen molar-refractivity contribution in [2.45, 2.75) is 32.4 Å². The van der Waals surface area contributed by atoms with E-state index in [1.807, 2.05) is 44.3 Å². The predicted octanol–water partition coefficient (Wildman–Crippen LogP) is 2.40. The number of nitrogens with one attached hydrogen (secondary N) is 1. The maximum Gasteiger partial charge on any atom is 0.121 e. The lowest BCUT2D eigenvalue weighted by molar-refractivity contribution is 0.408. The third-order valence-corrected chi connectivity index (χ3v) is 2.60. The molecule has 0 aliphatic rings. The summed E-state index contributed by atoms with van der Waals surface area (Å²) < 4.78 is 0. The molecule has 0 aromatic heterocycles. The van der Waals surface area contributed by atoms with Gasteiger partial charge in [0.2, 0.25) is 0 Å². The smallest absolute Gasteiger partial charge is 0.121 e. The molecule has 17 heavy (non-hydrogen) atoms. The summed E-state index contributed by atoms with van der Waals surface area (Å²) in [6.07, 6.45) is 0. The van der Waals surface area contributed by atoms with Crippen molar-refractivity contribution < 1.29 is 0 Å². The van der Waals surface area contributed by atoms with Gasteiger partial charge in [-0.3, -0.25) is 5.32 Å². The number of nitrogens with zero attached hydrogens (tertiary/aromatic N) is 2. The SMILES string of the molecule is CC(C)NC(C)(C#N)CN(C)c1ccccc1. The van der Waals surface area contributed by atoms with Gasteiger partial charge in [0, 0.05) is 25.3 Å². The lowest BCUT2D eigenvalue weighted by Crippen LogP contribution is -2.52. The zero-order valence-corrected chi connectivity index (χ0v) is 11.1. The summed E-state index contributed by atoms with van der Waals surface area (Å²) >= 11 is 0. The van der Waals surface area contributed by atoms with Gasteiger partial charge in [0.25, 0.3) is 0 Å². The maximum atomic E-state index is 9.29. The Morgan fingerprint density at radius 3 is 2.41 bits per heavy atom. The second-order valence-corrected chi connectivity index (χ2v) is 4.93. The Morgan fingerprint density at radius 2 is 1.94 bits per heavy atom. The molecule has 1 atom stereocenters. The first-order valence-electron chi connectivity index (χ1n) is 5.92. The van der Waals surface area contributed by atoms with Crippen LogP contribution in [0.25, 0.3) is 0 Å². The topological polar surface area (TPSA) is 39.1 Å². The molecule has 1 aromatic rings. The summed E-state index contributed by atoms with van der Waals surface area (Å²) in [5.74, 6) is 0. The van der Waals surface area contributed by atoms with E-state index in [9.17, 15) is 5.26 Å². The normalized spacial score (nSPS) is 14.1. The van der Waals surface area contributed by atoms with E-state index in [0.29, 0.717) is 12.6 Å². The van der Waals surface area contributed by atoms with E-state index >= 15 is 0 Å². The van der Waals surface area contributed by atoms with Crippen molar-refractivity contribution in [2.24, 2.45) is 0 Å². The molecule has 1 N–H and O–H groups in total. The standard InChI is InChI=1S/C14H21N3/c1-12(2)16-14(3,10-15)11-17(4)13-8-6-5-7-9-13/h5-9,12,16H,11H2,1-4H3. The molecule has 0 bridgehead atoms. The number of benzene rings is 1. The van der Waals surface area contributed by atoms with Gasteiger partial charge in [0.15, 0.2) is 0 Å². The fourth-order valence-electron chi connectivity index (χ4n) is 2.00. The first kappa shape index (κ1) is 13.5. The van der Waals surface area contributed by atoms with Crippen LogP contribution >= 0.6 is 0 Å². The monoisotopic (exact) mass is 231 g/mol. The molecule has 0 spiro atoms. The number of nitriles is 1. The van der Waals surface area contributed by atoms with Gasteiger partial charge in [-0.05, 0) is 32.9 Å². The van der Waals surface area contributed by atoms with Gasteiger partial charge in [0.1, 0.15) is 5.54 Å². The van der Waals surface area contributed by atoms with E-state index < -0.39 is 5.54 Å². The average Bonchev–Trinajstić information content (AvgIpc) is 2.29. The number of anilines is 1. The molecule has 0 saturated carbocycles. The largest absolute Gasteiger partial charge is 0.372 e. The van der Waals surface area contributed by atoms with Crippen molar-refractivity contribution in [1.29, 1.82) is 5.26 Å². The van der Waals surface area contributed by atoms with Crippen LogP contribution in [0.5, 0.6) is 0 Å². The van der Waals surface area contributed by atoms with Crippen LogP contribution in [0.3, 0.4) is 0 Å². The Bertz CT molecular complexity index is 380. The van der Waals surface area contributed by atoms with Crippen molar-refractivity contribution in [2.75, 3.05) is 18.5 Å². The second-order valence-electron chi connectivity index (χ2n) is 4.93. The fraction of sp³-hybridized carbons (Fsp3) is 0.500. The average molecular weight is 231 g/mol. The summed E-state index contributed by atoms with van der Waals surface area (Å²) in [4.78, 5) is 2.10. The first-order valence-corrected chi connectivity index (χ1v) is 5.92. The van der Waals surface area contributed by atoms with Crippen molar-refractivity contribution in [3.05, 3.63) is 30.3 Å². The van der Waals surface area contributed by atoms with Crippen LogP contribution in [-0.4, -0.2) is 25.2 Å². The van der Waals surface area contributed by atoms with Gasteiger partial charge in [-0.2, -0.15) is 5.26 Å². The molecular formula is C14H21N3. The summed E-state index contributed by atoms with van der Waals surface area (Å²) in [6.45, 7) is 6.70. The Labute approximate surface area is 104 Å². The van der Waals surface area contributed by atoms with E-state index in [2.05, 4.69) is 30.1 Å². The lowest BCUT2D eigenvalue weighted by atomic mass is 10.0. The molecule has 0 saturated heterocycles. The number of rotatable bonds is 5. The van der Waals surface area contributed by atoms with Crippen LogP contribution in [0.1, 0.15) is 20.8 Å². The van der Waals surface area contributed by atoms with Crippen LogP contribution in [0, 0.1) is 11.3 Å². The van der Waals surface area contributed by atoms with Gasteiger partial charge in [-0.1, -0.05) is 18.2 Å². The molecule has 0 aliphatic carbocycles. The van der Waals surface area contributed by atoms with Crippen LogP contribution in [-0.2, 0) is 0 Å². The zero-order valence-electron chi connectivity index (χ0n) is 11.1. The van der Waals surface area contributed by atoms with Crippen LogP contribution in [0.2, 0.25) is 0 Å². The summed E-state index contributed by atoms with van der Waals surface area (Å²) in [5.41, 5.74) is 0.596. The lowest BCUT2D eigenvalue weighted by Gasteiger charge is -2.31. The molecule has 3 heteroatoms. The van der Waals surface area contributed by atoms with E-state index in [1.54, 1.807) is 0 Å². The summed E-state index contributed by atoms with van der Waals surface area (Å²) in [5, 5.41) is 12.6. The summed E-state index contributed by atoms with van der Waals surface area (Å²) in [6, 6.07) is 12.8. The van der Waals surface area contributed by atoms with Crippen LogP contribution < -0.4 is 10.2 Å². The molecule has 3 nitrogen and oxygen atoms in total. The molecule has 0 heterocycles. The Hall–Kier alpha value is -1.53. The Balaban J connectivity index is 2.73. The van der Waals surface area contributed by atoms with Gasteiger partial charge in [-0.15, -0.1) is 0 Å². The number of hydrogen-bond acceptors (Lipinski definition) is 3. The molecule has 1 aromatic carbocycles. The van der Waals surface area contributed by atoms with Crippen molar-refractivity contribution in [1.82, 2.24) is 5.32 Å². The number of hydrogen-bond donors (Lipinski definition) is 1. The van der Waals surface area contributed by atoms with Crippen molar-refractivity contribution in [3.8, 4) is 6.07 Å². The van der Waals surface area contributed by atoms with Crippen molar-refractivity contribution in [3.63, 3.8) is 0 Å². The molecule has 0 aliphatic heterocycles. The predicted molar refractivity (Wildman–Crippen MR) is 72.0 cm³/mol. The minimum atomic E-state index is -0.529. The molecule has 92 valence electrons. The van der Waals surface area contributed by atoms with E-state index in [0.717, 1.165) is 5.69 Å². The highest BCUT2D eigenvalue weighted by atomic mass is 15.2. The van der Waals surface area contributed by atoms with Gasteiger partial charge in [-0.25, -0.2) is 0 Å². The number of para-hydroxylation sites is 1. The van der Waals surface area contributed by atoms with Crippen LogP contribution in [0.15, 0.2) is 30.3 Å². The highest BCUT2D eigenvalue weighted by Gasteiger charge is 2.26. The third-order valence-electron chi connectivity index (χ3n) is 2.60. The van der Waals surface area contributed by atoms with Gasteiger partial charge in [0.05, 0.1) is 6.07 Å². The van der Waals surface area contributed by atoms with Gasteiger partial charge >= 0.3 is 0 Å². The zero-order chi connectivity index (χ0) is 12.9. The van der Waals surface area contributed by atoms with E-state index in [1.165, 1.54) is 0 Å². The third kappa shape index (κ3) is 4.08. The van der Waals surface area contributed by atoms with Crippen molar-refractivity contribution >= 4 is 5.69 Å². The second kappa shape index (κ2) is 5.70. The van der Waals surface area contributed by atoms with Crippen LogP contribution in [0.4, 0.5) is 5.69 Å². The highest BCUT2D eigenvalue weighted by molar-refractivity contribution is 5.46. The van der Waals surface area contributed by atoms with E-state index in [4.69, 9.17) is 0 Å². The summed E-state index contributed by atoms with van der Waals surface area (Å²) in [7, 11) is 2.01. The minimum Gasteiger partial charge on any atom is -0.372 e. The number of likely N-dealkylation sites (N-methyl/N-ethyl adjacent to an activating group) is 1. The Morgan fingerprint density at radius 1 is 1.35 bits per heavy atom. The molecule has 0 fully saturated rings. The molecule has 0 amide bonds. The molecule has 1 rings (SSSR count). The van der Waals surface area contributed by atoms with E-state index in [-0.39, 0.29) is 0 Å². The minimum absolute atomic E-state index is 0.295. The molecule has 1 unspecified atom stereocenters. The first-order chi connectivity index (χ1) is 7.97. The molecular weight excluding hydrogens is 210 g/mol. The molecule has 0 radical (unpaired) electrons. The highest BCUT2D eigenvalue weighted by Crippen LogP contribution is 2.15. The fourth-order valence-corrected chi connectivity index (χ4v) is 2.00. The quantitative estimate of drug-likeness (QED) is 0.845.